The number of hydrogen-bond acceptors (Lipinski definition) is 4. The number of amides is 1. The van der Waals surface area contributed by atoms with Crippen molar-refractivity contribution in [3.05, 3.63) is 94.5 Å². The van der Waals surface area contributed by atoms with Gasteiger partial charge in [0, 0.05) is 6.54 Å². The number of hydrogen-bond donors (Lipinski definition) is 1. The van der Waals surface area contributed by atoms with Crippen LogP contribution in [-0.4, -0.2) is 38.8 Å². The minimum atomic E-state index is -3.90. The zero-order valence-electron chi connectivity index (χ0n) is 21.0. The molecule has 0 heterocycles. The fourth-order valence-electron chi connectivity index (χ4n) is 4.31. The number of nitrogens with zero attached hydrogens (tertiary/aromatic N) is 1. The average Bonchev–Trinajstić information content (AvgIpc) is 2.81. The van der Waals surface area contributed by atoms with E-state index in [1.165, 1.54) is 4.31 Å². The molecule has 6 nitrogen and oxygen atoms in total. The van der Waals surface area contributed by atoms with Crippen LogP contribution in [0.15, 0.2) is 71.6 Å². The molecular weight excluding hydrogens is 460 g/mol. The van der Waals surface area contributed by atoms with E-state index in [1.54, 1.807) is 21.0 Å². The van der Waals surface area contributed by atoms with E-state index >= 15 is 0 Å². The van der Waals surface area contributed by atoms with Gasteiger partial charge in [0.1, 0.15) is 5.75 Å². The van der Waals surface area contributed by atoms with Gasteiger partial charge in [0.2, 0.25) is 15.9 Å². The fraction of sp³-hybridized carbons (Fsp3) is 0.321. The van der Waals surface area contributed by atoms with Crippen molar-refractivity contribution in [1.82, 2.24) is 9.62 Å². The summed E-state index contributed by atoms with van der Waals surface area (Å²) < 4.78 is 34.1. The van der Waals surface area contributed by atoms with Gasteiger partial charge in [-0.3, -0.25) is 4.79 Å². The summed E-state index contributed by atoms with van der Waals surface area (Å²) in [6.45, 7) is 7.35. The second-order valence-corrected chi connectivity index (χ2v) is 10.7. The number of carbonyl (C=O) groups is 1. The Morgan fingerprint density at radius 3 is 2.14 bits per heavy atom. The molecule has 35 heavy (non-hydrogen) atoms. The monoisotopic (exact) mass is 494 g/mol. The first-order valence-electron chi connectivity index (χ1n) is 11.7. The predicted octanol–water partition coefficient (Wildman–Crippen LogP) is 4.73. The first-order valence-corrected chi connectivity index (χ1v) is 13.1. The molecule has 0 fully saturated rings. The molecule has 0 saturated heterocycles. The quantitative estimate of drug-likeness (QED) is 0.442. The van der Waals surface area contributed by atoms with E-state index in [0.717, 1.165) is 22.4 Å². The van der Waals surface area contributed by atoms with Crippen molar-refractivity contribution < 1.29 is 17.9 Å². The molecule has 0 unspecified atom stereocenters. The lowest BCUT2D eigenvalue weighted by molar-refractivity contribution is -0.121. The number of benzene rings is 3. The van der Waals surface area contributed by atoms with Crippen LogP contribution in [0, 0.1) is 20.8 Å². The highest BCUT2D eigenvalue weighted by Gasteiger charge is 2.30. The third kappa shape index (κ3) is 6.71. The van der Waals surface area contributed by atoms with Crippen LogP contribution in [0.5, 0.6) is 5.75 Å². The lowest BCUT2D eigenvalue weighted by Crippen LogP contribution is -2.42. The van der Waals surface area contributed by atoms with E-state index in [4.69, 9.17) is 4.74 Å². The molecule has 3 aromatic carbocycles. The minimum Gasteiger partial charge on any atom is -0.497 e. The van der Waals surface area contributed by atoms with Gasteiger partial charge in [-0.25, -0.2) is 8.42 Å². The fourth-order valence-corrected chi connectivity index (χ4v) is 6.12. The Kier molecular flexibility index (Phi) is 8.70. The molecule has 0 bridgehead atoms. The van der Waals surface area contributed by atoms with Gasteiger partial charge in [-0.05, 0) is 68.5 Å². The van der Waals surface area contributed by atoms with Gasteiger partial charge in [0.15, 0.2) is 0 Å². The van der Waals surface area contributed by atoms with Gasteiger partial charge >= 0.3 is 0 Å². The van der Waals surface area contributed by atoms with Gasteiger partial charge < -0.3 is 10.1 Å². The maximum atomic E-state index is 13.8. The van der Waals surface area contributed by atoms with E-state index in [2.05, 4.69) is 5.32 Å². The summed E-state index contributed by atoms with van der Waals surface area (Å²) in [5, 5.41) is 2.94. The van der Waals surface area contributed by atoms with Crippen molar-refractivity contribution in [2.45, 2.75) is 45.1 Å². The van der Waals surface area contributed by atoms with Crippen LogP contribution < -0.4 is 10.1 Å². The van der Waals surface area contributed by atoms with Gasteiger partial charge in [-0.2, -0.15) is 4.31 Å². The molecule has 0 aliphatic heterocycles. The zero-order valence-corrected chi connectivity index (χ0v) is 21.9. The first kappa shape index (κ1) is 26.4. The van der Waals surface area contributed by atoms with Crippen molar-refractivity contribution in [3.63, 3.8) is 0 Å². The van der Waals surface area contributed by atoms with E-state index in [-0.39, 0.29) is 29.9 Å². The number of aryl methyl sites for hydroxylation is 3. The second-order valence-electron chi connectivity index (χ2n) is 8.86. The highest BCUT2D eigenvalue weighted by Crippen LogP contribution is 2.26. The summed E-state index contributed by atoms with van der Waals surface area (Å²) in [4.78, 5) is 13.3. The number of rotatable bonds is 10. The minimum absolute atomic E-state index is 0.198. The van der Waals surface area contributed by atoms with E-state index in [9.17, 15) is 13.2 Å². The number of nitrogens with one attached hydrogen (secondary N) is 1. The standard InChI is InChI=1S/C28H34N2O4S/c1-20-17-21(2)28(22(3)18-20)35(32,33)30(16-15-24-9-7-6-8-10-24)19-27(31)29-23(4)25-11-13-26(34-5)14-12-25/h6-14,17-18,23H,15-16,19H2,1-5H3,(H,29,31)/t23-/m1/s1. The Balaban J connectivity index is 1.84. The average molecular weight is 495 g/mol. The number of ether oxygens (including phenoxy) is 1. The van der Waals surface area contributed by atoms with Crippen molar-refractivity contribution in [1.29, 1.82) is 0 Å². The lowest BCUT2D eigenvalue weighted by Gasteiger charge is -2.25. The van der Waals surface area contributed by atoms with E-state index in [0.29, 0.717) is 17.5 Å². The molecule has 0 radical (unpaired) electrons. The predicted molar refractivity (Wildman–Crippen MR) is 139 cm³/mol. The van der Waals surface area contributed by atoms with Gasteiger partial charge in [-0.15, -0.1) is 0 Å². The number of methoxy groups -OCH3 is 1. The third-order valence-corrected chi connectivity index (χ3v) is 8.16. The Morgan fingerprint density at radius 2 is 1.57 bits per heavy atom. The molecule has 3 aromatic rings. The maximum Gasteiger partial charge on any atom is 0.244 e. The van der Waals surface area contributed by atoms with Crippen molar-refractivity contribution in [2.75, 3.05) is 20.2 Å². The molecule has 0 aliphatic rings. The van der Waals surface area contributed by atoms with Crippen LogP contribution >= 0.6 is 0 Å². The van der Waals surface area contributed by atoms with Crippen LogP contribution in [-0.2, 0) is 21.2 Å². The van der Waals surface area contributed by atoms with Gasteiger partial charge in [-0.1, -0.05) is 60.2 Å². The Labute approximate surface area is 209 Å². The molecule has 0 saturated carbocycles. The summed E-state index contributed by atoms with van der Waals surface area (Å²) in [6, 6.07) is 20.5. The Hall–Kier alpha value is -3.16. The lowest BCUT2D eigenvalue weighted by atomic mass is 10.1. The van der Waals surface area contributed by atoms with Crippen LogP contribution in [0.25, 0.3) is 0 Å². The highest BCUT2D eigenvalue weighted by molar-refractivity contribution is 7.89. The molecular formula is C28H34N2O4S. The van der Waals surface area contributed by atoms with Crippen molar-refractivity contribution in [3.8, 4) is 5.75 Å². The summed E-state index contributed by atoms with van der Waals surface area (Å²) >= 11 is 0. The van der Waals surface area contributed by atoms with Crippen LogP contribution in [0.4, 0.5) is 0 Å². The summed E-state index contributed by atoms with van der Waals surface area (Å²) in [6.07, 6.45) is 0.505. The molecule has 0 spiro atoms. The van der Waals surface area contributed by atoms with Gasteiger partial charge in [0.25, 0.3) is 0 Å². The highest BCUT2D eigenvalue weighted by atomic mass is 32.2. The van der Waals surface area contributed by atoms with E-state index < -0.39 is 10.0 Å². The van der Waals surface area contributed by atoms with Gasteiger partial charge in [0.05, 0.1) is 24.6 Å². The Bertz CT molecular complexity index is 1230. The molecule has 0 aliphatic carbocycles. The number of sulfonamides is 1. The molecule has 186 valence electrons. The molecule has 1 atom stereocenters. The third-order valence-electron chi connectivity index (χ3n) is 6.01. The summed E-state index contributed by atoms with van der Waals surface area (Å²) in [5.41, 5.74) is 4.28. The first-order chi connectivity index (χ1) is 16.6. The zero-order chi connectivity index (χ0) is 25.6. The molecule has 3 rings (SSSR count). The van der Waals surface area contributed by atoms with Crippen LogP contribution in [0.1, 0.15) is 40.8 Å². The van der Waals surface area contributed by atoms with Crippen LogP contribution in [0.2, 0.25) is 0 Å². The topological polar surface area (TPSA) is 75.7 Å². The molecule has 0 aromatic heterocycles. The number of carbonyl (C=O) groups excluding carboxylic acids is 1. The second kappa shape index (κ2) is 11.5. The van der Waals surface area contributed by atoms with Crippen molar-refractivity contribution >= 4 is 15.9 Å². The SMILES string of the molecule is COc1ccc([C@@H](C)NC(=O)CN(CCc2ccccc2)S(=O)(=O)c2c(C)cc(C)cc2C)cc1. The molecule has 1 amide bonds. The maximum absolute atomic E-state index is 13.8. The summed E-state index contributed by atoms with van der Waals surface area (Å²) in [7, 11) is -2.30. The smallest absolute Gasteiger partial charge is 0.244 e. The summed E-state index contributed by atoms with van der Waals surface area (Å²) in [5.74, 6) is 0.377. The van der Waals surface area contributed by atoms with Crippen LogP contribution in [0.3, 0.4) is 0 Å². The van der Waals surface area contributed by atoms with Crippen molar-refractivity contribution in [2.24, 2.45) is 0 Å². The largest absolute Gasteiger partial charge is 0.497 e. The normalized spacial score (nSPS) is 12.4. The molecule has 1 N–H and O–H groups in total. The van der Waals surface area contributed by atoms with E-state index in [1.807, 2.05) is 80.6 Å². The molecule has 7 heteroatoms. The Morgan fingerprint density at radius 1 is 0.971 bits per heavy atom.